The molecular formula is C22H19N2O6S-. The lowest BCUT2D eigenvalue weighted by Crippen LogP contribution is -2.54. The zero-order valence-corrected chi connectivity index (χ0v) is 17.6. The van der Waals surface area contributed by atoms with E-state index >= 15 is 0 Å². The van der Waals surface area contributed by atoms with Gasteiger partial charge in [-0.05, 0) is 74.1 Å². The summed E-state index contributed by atoms with van der Waals surface area (Å²) in [6.07, 6.45) is 0.311. The van der Waals surface area contributed by atoms with Crippen LogP contribution >= 0.6 is 12.2 Å². The van der Waals surface area contributed by atoms with Gasteiger partial charge >= 0.3 is 0 Å². The van der Waals surface area contributed by atoms with Crippen LogP contribution in [0.4, 0.5) is 5.69 Å². The molecule has 0 unspecified atom stereocenters. The molecule has 0 bridgehead atoms. The lowest BCUT2D eigenvalue weighted by Gasteiger charge is -2.29. The lowest BCUT2D eigenvalue weighted by molar-refractivity contribution is -0.312. The average Bonchev–Trinajstić information content (AvgIpc) is 2.73. The molecule has 1 saturated heterocycles. The van der Waals surface area contributed by atoms with E-state index in [1.165, 1.54) is 30.0 Å². The van der Waals surface area contributed by atoms with Crippen LogP contribution in [0.1, 0.15) is 19.4 Å². The molecular weight excluding hydrogens is 420 g/mol. The number of amides is 2. The number of aliphatic carboxylic acids is 1. The van der Waals surface area contributed by atoms with E-state index in [0.717, 1.165) is 0 Å². The van der Waals surface area contributed by atoms with Crippen LogP contribution in [-0.2, 0) is 14.4 Å². The van der Waals surface area contributed by atoms with Crippen LogP contribution in [0.3, 0.4) is 0 Å². The predicted molar refractivity (Wildman–Crippen MR) is 115 cm³/mol. The van der Waals surface area contributed by atoms with Gasteiger partial charge in [-0.3, -0.25) is 19.8 Å². The van der Waals surface area contributed by atoms with Crippen LogP contribution in [0, 0.1) is 0 Å². The van der Waals surface area contributed by atoms with Gasteiger partial charge in [0, 0.05) is 0 Å². The Morgan fingerprint density at radius 2 is 1.74 bits per heavy atom. The molecule has 2 aromatic carbocycles. The number of nitrogens with zero attached hydrogens (tertiary/aromatic N) is 1. The number of benzene rings is 2. The molecule has 31 heavy (non-hydrogen) atoms. The highest BCUT2D eigenvalue weighted by Gasteiger charge is 2.34. The molecule has 0 spiro atoms. The fraction of sp³-hybridized carbons (Fsp3) is 0.182. The first-order chi connectivity index (χ1) is 14.8. The van der Waals surface area contributed by atoms with E-state index < -0.39 is 23.9 Å². The number of carbonyl (C=O) groups is 3. The Hall–Kier alpha value is -3.72. The number of nitrogens with one attached hydrogen (secondary N) is 1. The number of hydrogen-bond donors (Lipinski definition) is 1. The molecule has 0 radical (unpaired) electrons. The quantitative estimate of drug-likeness (QED) is 0.395. The van der Waals surface area contributed by atoms with Crippen molar-refractivity contribution in [3.63, 3.8) is 0 Å². The van der Waals surface area contributed by atoms with E-state index in [0.29, 0.717) is 29.4 Å². The normalized spacial score (nSPS) is 16.1. The zero-order valence-electron chi connectivity index (χ0n) is 16.8. The molecule has 1 aliphatic heterocycles. The third-order valence-electron chi connectivity index (χ3n) is 4.34. The standard InChI is InChI=1S/C22H20N2O6S/c1-3-29-16-10-6-15(7-11-16)24-20(26)18(19(25)23-22(24)31)12-14-4-8-17(9-5-14)30-13(2)21(27)28/h4-13H,3H2,1-2H3,(H,27,28)(H,23,25,31)/p-1/b18-12-/t13-/m1/s1. The molecule has 1 atom stereocenters. The minimum Gasteiger partial charge on any atom is -0.546 e. The van der Waals surface area contributed by atoms with Crippen LogP contribution < -0.4 is 24.8 Å². The van der Waals surface area contributed by atoms with Crippen molar-refractivity contribution in [3.05, 3.63) is 59.7 Å². The number of anilines is 1. The summed E-state index contributed by atoms with van der Waals surface area (Å²) in [5.41, 5.74) is 0.940. The van der Waals surface area contributed by atoms with E-state index in [2.05, 4.69) is 5.32 Å². The molecule has 0 saturated carbocycles. The Labute approximate surface area is 184 Å². The zero-order chi connectivity index (χ0) is 22.5. The first kappa shape index (κ1) is 22.0. The van der Waals surface area contributed by atoms with Crippen molar-refractivity contribution in [3.8, 4) is 11.5 Å². The van der Waals surface area contributed by atoms with E-state index in [-0.39, 0.29) is 10.7 Å². The number of hydrogen-bond acceptors (Lipinski definition) is 7. The summed E-state index contributed by atoms with van der Waals surface area (Å²) in [4.78, 5) is 37.4. The number of carbonyl (C=O) groups excluding carboxylic acids is 3. The summed E-state index contributed by atoms with van der Waals surface area (Å²) in [5.74, 6) is -1.54. The molecule has 2 amide bonds. The molecule has 2 aromatic rings. The number of thiocarbonyl (C=S) groups is 1. The number of carboxylic acids is 1. The van der Waals surface area contributed by atoms with Gasteiger partial charge in [0.1, 0.15) is 23.2 Å². The Bertz CT molecular complexity index is 1050. The second-order valence-corrected chi connectivity index (χ2v) is 6.92. The summed E-state index contributed by atoms with van der Waals surface area (Å²) in [5, 5.41) is 13.3. The fourth-order valence-electron chi connectivity index (χ4n) is 2.81. The highest BCUT2D eigenvalue weighted by Crippen LogP contribution is 2.25. The van der Waals surface area contributed by atoms with E-state index in [1.807, 2.05) is 6.92 Å². The highest BCUT2D eigenvalue weighted by molar-refractivity contribution is 7.80. The van der Waals surface area contributed by atoms with Crippen molar-refractivity contribution in [2.24, 2.45) is 0 Å². The van der Waals surface area contributed by atoms with Gasteiger partial charge in [-0.15, -0.1) is 0 Å². The highest BCUT2D eigenvalue weighted by atomic mass is 32.1. The molecule has 0 aromatic heterocycles. The van der Waals surface area contributed by atoms with Crippen molar-refractivity contribution in [1.82, 2.24) is 5.32 Å². The van der Waals surface area contributed by atoms with Gasteiger partial charge in [-0.2, -0.15) is 0 Å². The van der Waals surface area contributed by atoms with Crippen molar-refractivity contribution >= 4 is 46.9 Å². The Morgan fingerprint density at radius 1 is 1.13 bits per heavy atom. The molecule has 9 heteroatoms. The molecule has 1 fully saturated rings. The summed E-state index contributed by atoms with van der Waals surface area (Å²) < 4.78 is 10.6. The van der Waals surface area contributed by atoms with Gasteiger partial charge in [0.25, 0.3) is 11.8 Å². The van der Waals surface area contributed by atoms with Gasteiger partial charge in [0.2, 0.25) is 0 Å². The van der Waals surface area contributed by atoms with Gasteiger partial charge in [-0.1, -0.05) is 12.1 Å². The minimum absolute atomic E-state index is 0.0173. The third kappa shape index (κ3) is 5.07. The number of carboxylic acid groups (broad SMARTS) is 1. The second-order valence-electron chi connectivity index (χ2n) is 6.53. The summed E-state index contributed by atoms with van der Waals surface area (Å²) >= 11 is 5.19. The first-order valence-electron chi connectivity index (χ1n) is 9.42. The molecule has 0 aliphatic carbocycles. The Balaban J connectivity index is 1.84. The van der Waals surface area contributed by atoms with E-state index in [9.17, 15) is 19.5 Å². The topological polar surface area (TPSA) is 108 Å². The van der Waals surface area contributed by atoms with Crippen LogP contribution in [-0.4, -0.2) is 35.6 Å². The second kappa shape index (κ2) is 9.40. The first-order valence-corrected chi connectivity index (χ1v) is 9.83. The van der Waals surface area contributed by atoms with Gasteiger partial charge in [-0.25, -0.2) is 0 Å². The summed E-state index contributed by atoms with van der Waals surface area (Å²) in [7, 11) is 0. The van der Waals surface area contributed by atoms with Crippen molar-refractivity contribution in [2.75, 3.05) is 11.5 Å². The maximum absolute atomic E-state index is 13.0. The SMILES string of the molecule is CCOc1ccc(N2C(=O)/C(=C\c3ccc(O[C@H](C)C(=O)[O-])cc3)C(=O)NC2=S)cc1. The molecule has 1 N–H and O–H groups in total. The monoisotopic (exact) mass is 439 g/mol. The fourth-order valence-corrected chi connectivity index (χ4v) is 3.09. The molecule has 1 aliphatic rings. The summed E-state index contributed by atoms with van der Waals surface area (Å²) in [6, 6.07) is 13.0. The summed E-state index contributed by atoms with van der Waals surface area (Å²) in [6.45, 7) is 3.74. The van der Waals surface area contributed by atoms with Crippen LogP contribution in [0.25, 0.3) is 6.08 Å². The van der Waals surface area contributed by atoms with Crippen molar-refractivity contribution < 1.29 is 29.0 Å². The van der Waals surface area contributed by atoms with Crippen LogP contribution in [0.15, 0.2) is 54.1 Å². The number of ether oxygens (including phenoxy) is 2. The lowest BCUT2D eigenvalue weighted by atomic mass is 10.1. The predicted octanol–water partition coefficient (Wildman–Crippen LogP) is 1.43. The van der Waals surface area contributed by atoms with E-state index in [4.69, 9.17) is 21.7 Å². The maximum Gasteiger partial charge on any atom is 0.270 e. The molecule has 8 nitrogen and oxygen atoms in total. The molecule has 160 valence electrons. The van der Waals surface area contributed by atoms with Crippen LogP contribution in [0.5, 0.6) is 11.5 Å². The van der Waals surface area contributed by atoms with Gasteiger partial charge in [0.15, 0.2) is 5.11 Å². The average molecular weight is 439 g/mol. The van der Waals surface area contributed by atoms with Crippen LogP contribution in [0.2, 0.25) is 0 Å². The largest absolute Gasteiger partial charge is 0.546 e. The Morgan fingerprint density at radius 3 is 2.32 bits per heavy atom. The van der Waals surface area contributed by atoms with E-state index in [1.54, 1.807) is 36.4 Å². The molecule has 3 rings (SSSR count). The molecule has 1 heterocycles. The minimum atomic E-state index is -1.33. The van der Waals surface area contributed by atoms with Gasteiger partial charge < -0.3 is 19.4 Å². The number of rotatable bonds is 7. The smallest absolute Gasteiger partial charge is 0.270 e. The van der Waals surface area contributed by atoms with Crippen molar-refractivity contribution in [2.45, 2.75) is 20.0 Å². The Kier molecular flexibility index (Phi) is 6.66. The third-order valence-corrected chi connectivity index (χ3v) is 4.63. The van der Waals surface area contributed by atoms with Crippen molar-refractivity contribution in [1.29, 1.82) is 0 Å². The van der Waals surface area contributed by atoms with Gasteiger partial charge in [0.05, 0.1) is 18.3 Å². The maximum atomic E-state index is 13.0.